The Morgan fingerprint density at radius 1 is 0.845 bits per heavy atom. The van der Waals surface area contributed by atoms with Crippen LogP contribution in [0.15, 0.2) is 87.5 Å². The fourth-order valence-electron chi connectivity index (χ4n) is 10.0. The molecular formula is C42H46F2O11S2V. The summed E-state index contributed by atoms with van der Waals surface area (Å²) in [6.45, 7) is 5.14. The van der Waals surface area contributed by atoms with Gasteiger partial charge in [-0.3, -0.25) is 4.79 Å². The minimum Gasteiger partial charge on any atom is -0.722 e. The first-order chi connectivity index (χ1) is 27.1. The third kappa shape index (κ3) is 9.60. The van der Waals surface area contributed by atoms with Crippen LogP contribution >= 0.6 is 0 Å². The maximum Gasteiger partial charge on any atom is 0.344 e. The van der Waals surface area contributed by atoms with E-state index in [1.165, 1.54) is 46.8 Å². The molecule has 3 aromatic rings. The van der Waals surface area contributed by atoms with Gasteiger partial charge in [-0.1, -0.05) is 36.4 Å². The van der Waals surface area contributed by atoms with Gasteiger partial charge in [-0.05, 0) is 118 Å². The van der Waals surface area contributed by atoms with Gasteiger partial charge in [0.05, 0.1) is 22.9 Å². The van der Waals surface area contributed by atoms with E-state index in [4.69, 9.17) is 36.7 Å². The number of fused-ring (bicyclic) bond motifs is 1. The molecule has 0 N–H and O–H groups in total. The summed E-state index contributed by atoms with van der Waals surface area (Å²) in [5.41, 5.74) is 1.78. The van der Waals surface area contributed by atoms with E-state index >= 15 is 0 Å². The molecule has 7 aliphatic rings. The molecule has 4 aliphatic carbocycles. The standard InChI is InChI=1S/C33H37O3S.C9H9FO5.FHO3S.V/c1-22-14-30(37(28-10-6-4-7-11-28)29-12-8-5-9-13-29)15-23(2)32(22)35-21-31(34)36-33(3)26-17-24-16-25(19-26)20-27(33)18-24;10-2-5(11)14-7-4-1-3-6(13-4)8(7)15-9(3)12;1-5(2,3)4;/h4-15,24-27H,16-21H2,1-3H3;3-4,6-8H,1-2H2;(H,2,3,4);/q+1;;;/p-1. The van der Waals surface area contributed by atoms with Gasteiger partial charge >= 0.3 is 17.9 Å². The van der Waals surface area contributed by atoms with Crippen LogP contribution in [-0.4, -0.2) is 74.2 Å². The number of halogens is 2. The molecule has 16 heteroatoms. The predicted octanol–water partition coefficient (Wildman–Crippen LogP) is 6.53. The summed E-state index contributed by atoms with van der Waals surface area (Å²) in [6.07, 6.45) is 5.02. The molecule has 3 heterocycles. The minimum atomic E-state index is -5.42. The second kappa shape index (κ2) is 18.0. The molecule has 3 aliphatic heterocycles. The van der Waals surface area contributed by atoms with E-state index in [1.54, 1.807) is 0 Å². The maximum absolute atomic E-state index is 13.0. The summed E-state index contributed by atoms with van der Waals surface area (Å²) < 4.78 is 75.0. The minimum absolute atomic E-state index is 0. The Kier molecular flexibility index (Phi) is 13.7. The van der Waals surface area contributed by atoms with E-state index in [0.29, 0.717) is 18.3 Å². The van der Waals surface area contributed by atoms with E-state index in [9.17, 15) is 22.7 Å². The van der Waals surface area contributed by atoms with Crippen LogP contribution < -0.4 is 4.74 Å². The Morgan fingerprint density at radius 2 is 1.36 bits per heavy atom. The number of hydrogen-bond donors (Lipinski definition) is 0. The van der Waals surface area contributed by atoms with Gasteiger partial charge in [0.15, 0.2) is 40.2 Å². The molecule has 4 saturated carbocycles. The quantitative estimate of drug-likeness (QED) is 0.0758. The summed E-state index contributed by atoms with van der Waals surface area (Å²) in [6, 6.07) is 25.8. The van der Waals surface area contributed by atoms with Crippen molar-refractivity contribution in [3.8, 4) is 5.75 Å². The van der Waals surface area contributed by atoms with Crippen molar-refractivity contribution in [2.45, 2.75) is 104 Å². The summed E-state index contributed by atoms with van der Waals surface area (Å²) in [4.78, 5) is 38.9. The van der Waals surface area contributed by atoms with Crippen molar-refractivity contribution < 1.29 is 77.9 Å². The second-order valence-corrected chi connectivity index (χ2v) is 18.7. The Bertz CT molecular complexity index is 1970. The number of benzene rings is 3. The van der Waals surface area contributed by atoms with Crippen LogP contribution in [0.5, 0.6) is 5.75 Å². The van der Waals surface area contributed by atoms with Gasteiger partial charge in [0, 0.05) is 30.7 Å². The molecule has 5 unspecified atom stereocenters. The van der Waals surface area contributed by atoms with Crippen molar-refractivity contribution in [1.82, 2.24) is 0 Å². The van der Waals surface area contributed by atoms with Crippen LogP contribution in [0.1, 0.15) is 56.6 Å². The largest absolute Gasteiger partial charge is 0.722 e. The number of rotatable bonds is 9. The third-order valence-electron chi connectivity index (χ3n) is 12.2. The molecule has 7 fully saturated rings. The summed E-state index contributed by atoms with van der Waals surface area (Å²) in [5.74, 6) is 1.85. The van der Waals surface area contributed by atoms with Gasteiger partial charge < -0.3 is 28.2 Å². The van der Waals surface area contributed by atoms with E-state index in [1.807, 2.05) is 0 Å². The molecular weight excluding hydrogens is 834 g/mol. The Morgan fingerprint density at radius 3 is 1.86 bits per heavy atom. The van der Waals surface area contributed by atoms with Gasteiger partial charge in [-0.25, -0.2) is 22.4 Å². The zero-order valence-electron chi connectivity index (χ0n) is 32.3. The molecule has 6 bridgehead atoms. The average Bonchev–Trinajstić information content (AvgIpc) is 3.80. The molecule has 5 atom stereocenters. The topological polar surface area (TPSA) is 155 Å². The second-order valence-electron chi connectivity index (χ2n) is 15.9. The average molecular weight is 880 g/mol. The van der Waals surface area contributed by atoms with E-state index in [0.717, 1.165) is 28.7 Å². The fraction of sp³-hybridized carbons (Fsp3) is 0.500. The van der Waals surface area contributed by atoms with Crippen molar-refractivity contribution in [2.75, 3.05) is 13.3 Å². The first-order valence-corrected chi connectivity index (χ1v) is 21.7. The number of alkyl halides is 1. The molecule has 311 valence electrons. The van der Waals surface area contributed by atoms with Gasteiger partial charge in [-0.2, -0.15) is 0 Å². The van der Waals surface area contributed by atoms with E-state index < -0.39 is 35.4 Å². The molecule has 58 heavy (non-hydrogen) atoms. The number of aryl methyl sites for hydroxylation is 2. The van der Waals surface area contributed by atoms with Crippen molar-refractivity contribution in [3.63, 3.8) is 0 Å². The van der Waals surface area contributed by atoms with Crippen LogP contribution in [0, 0.1) is 43.4 Å². The zero-order chi connectivity index (χ0) is 40.6. The number of carbonyl (C=O) groups is 3. The zero-order valence-corrected chi connectivity index (χ0v) is 35.3. The van der Waals surface area contributed by atoms with Crippen LogP contribution in [0.25, 0.3) is 0 Å². The SMILES string of the molecule is Cc1cc([S+](c2ccccc2)c2ccccc2)cc(C)c1OCC(=O)OC1(C)C2CC3CC(C2)CC1C3.O=C(CF)OC1C2CC3C(=O)OC1C3O2.O=S(=O)([O-])F.[V]. The maximum atomic E-state index is 13.0. The first-order valence-electron chi connectivity index (χ1n) is 19.2. The molecule has 0 spiro atoms. The van der Waals surface area contributed by atoms with Gasteiger partial charge in [0.2, 0.25) is 0 Å². The third-order valence-corrected chi connectivity index (χ3v) is 14.4. The first kappa shape index (κ1) is 44.1. The molecule has 0 aromatic heterocycles. The molecule has 0 amide bonds. The molecule has 3 aromatic carbocycles. The number of esters is 3. The van der Waals surface area contributed by atoms with Crippen LogP contribution in [0.4, 0.5) is 8.28 Å². The summed E-state index contributed by atoms with van der Waals surface area (Å²) in [5, 5.41) is 0. The van der Waals surface area contributed by atoms with Crippen molar-refractivity contribution in [1.29, 1.82) is 0 Å². The predicted molar refractivity (Wildman–Crippen MR) is 201 cm³/mol. The van der Waals surface area contributed by atoms with Crippen LogP contribution in [0.3, 0.4) is 0 Å². The fourth-order valence-corrected chi connectivity index (χ4v) is 12.3. The normalized spacial score (nSPS) is 30.6. The van der Waals surface area contributed by atoms with E-state index in [-0.39, 0.29) is 71.7 Å². The Hall–Kier alpha value is -3.47. The summed E-state index contributed by atoms with van der Waals surface area (Å²) >= 11 is 0. The number of hydrogen-bond acceptors (Lipinski definition) is 11. The number of carbonyl (C=O) groups excluding carboxylic acids is 3. The van der Waals surface area contributed by atoms with Crippen molar-refractivity contribution in [3.05, 3.63) is 83.9 Å². The smallest absolute Gasteiger partial charge is 0.344 e. The van der Waals surface area contributed by atoms with Gasteiger partial charge in [-0.15, -0.1) is 3.89 Å². The monoisotopic (exact) mass is 879 g/mol. The van der Waals surface area contributed by atoms with E-state index in [2.05, 4.69) is 93.6 Å². The summed E-state index contributed by atoms with van der Waals surface area (Å²) in [7, 11) is -5.63. The van der Waals surface area contributed by atoms with Gasteiger partial charge in [0.25, 0.3) is 10.5 Å². The molecule has 3 saturated heterocycles. The number of ether oxygens (including phenoxy) is 5. The van der Waals surface area contributed by atoms with Crippen molar-refractivity contribution in [2.24, 2.45) is 29.6 Å². The molecule has 10 rings (SSSR count). The Labute approximate surface area is 352 Å². The van der Waals surface area contributed by atoms with Crippen molar-refractivity contribution >= 4 is 39.3 Å². The van der Waals surface area contributed by atoms with Crippen LogP contribution in [-0.2, 0) is 73.3 Å². The van der Waals surface area contributed by atoms with Crippen LogP contribution in [0.2, 0.25) is 0 Å². The van der Waals surface area contributed by atoms with Gasteiger partial charge in [0.1, 0.15) is 17.5 Å². The molecule has 11 nitrogen and oxygen atoms in total. The molecule has 1 radical (unpaired) electrons. The Balaban J connectivity index is 0.000000222.